The third-order valence-corrected chi connectivity index (χ3v) is 8.86. The molecule has 0 radical (unpaired) electrons. The molecule has 3 aromatic rings. The number of aliphatic carboxylic acids is 1. The number of carboxylic acid groups (broad SMARTS) is 1. The fourth-order valence-corrected chi connectivity index (χ4v) is 5.94. The molecule has 0 bridgehead atoms. The van der Waals surface area contributed by atoms with Crippen molar-refractivity contribution in [2.75, 3.05) is 31.6 Å². The number of carboxylic acids is 1. The van der Waals surface area contributed by atoms with E-state index >= 15 is 0 Å². The second-order valence-electron chi connectivity index (χ2n) is 13.4. The summed E-state index contributed by atoms with van der Waals surface area (Å²) < 4.78 is 5.64. The van der Waals surface area contributed by atoms with Gasteiger partial charge in [0.25, 0.3) is 0 Å². The Morgan fingerprint density at radius 1 is 0.878 bits per heavy atom. The van der Waals surface area contributed by atoms with Crippen molar-refractivity contribution in [2.24, 2.45) is 5.92 Å². The Morgan fingerprint density at radius 3 is 2.18 bits per heavy atom. The second-order valence-corrected chi connectivity index (χ2v) is 14.4. The van der Waals surface area contributed by atoms with E-state index in [1.165, 1.54) is 16.7 Å². The lowest BCUT2D eigenvalue weighted by atomic mass is 9.97. The molecule has 0 aliphatic rings. The van der Waals surface area contributed by atoms with Crippen LogP contribution in [0.3, 0.4) is 0 Å². The van der Waals surface area contributed by atoms with Crippen LogP contribution in [0.5, 0.6) is 0 Å². The topological polar surface area (TPSA) is 128 Å². The highest BCUT2D eigenvalue weighted by Gasteiger charge is 2.28. The molecule has 3 N–H and O–H groups in total. The number of fused-ring (bicyclic) bond motifs is 1. The summed E-state index contributed by atoms with van der Waals surface area (Å²) >= 11 is 1.52. The Labute approximate surface area is 294 Å². The number of carbonyl (C=O) groups excluding carboxylic acids is 3. The Kier molecular flexibility index (Phi) is 15.4. The molecule has 0 aliphatic carbocycles. The lowest BCUT2D eigenvalue weighted by molar-refractivity contribution is -0.142. The van der Waals surface area contributed by atoms with Crippen LogP contribution in [-0.4, -0.2) is 88.1 Å². The molecule has 0 aliphatic heterocycles. The summed E-state index contributed by atoms with van der Waals surface area (Å²) in [5.41, 5.74) is 1.14. The van der Waals surface area contributed by atoms with Crippen molar-refractivity contribution in [1.82, 2.24) is 20.4 Å². The molecule has 0 aromatic heterocycles. The van der Waals surface area contributed by atoms with Gasteiger partial charge in [-0.15, -0.1) is 0 Å². The van der Waals surface area contributed by atoms with Crippen molar-refractivity contribution in [3.05, 3.63) is 83.9 Å². The molecule has 3 rings (SSSR count). The molecule has 0 unspecified atom stereocenters. The van der Waals surface area contributed by atoms with Crippen LogP contribution >= 0.6 is 11.8 Å². The lowest BCUT2D eigenvalue weighted by Crippen LogP contribution is -2.52. The molecule has 49 heavy (non-hydrogen) atoms. The van der Waals surface area contributed by atoms with Gasteiger partial charge in [0.2, 0.25) is 11.8 Å². The van der Waals surface area contributed by atoms with Crippen molar-refractivity contribution in [3.8, 4) is 0 Å². The predicted octanol–water partition coefficient (Wildman–Crippen LogP) is 5.93. The number of hydrogen-bond acceptors (Lipinski definition) is 7. The zero-order chi connectivity index (χ0) is 36.0. The van der Waals surface area contributed by atoms with E-state index in [9.17, 15) is 24.3 Å². The maximum Gasteiger partial charge on any atom is 0.411 e. The minimum absolute atomic E-state index is 0.0273. The van der Waals surface area contributed by atoms with Crippen LogP contribution in [0.15, 0.2) is 72.8 Å². The number of nitrogens with one attached hydrogen (secondary N) is 2. The van der Waals surface area contributed by atoms with Gasteiger partial charge < -0.3 is 20.5 Å². The molecule has 0 heterocycles. The summed E-state index contributed by atoms with van der Waals surface area (Å²) in [6, 6.07) is 22.1. The van der Waals surface area contributed by atoms with Crippen LogP contribution in [0.2, 0.25) is 0 Å². The average molecular weight is 693 g/mol. The first-order valence-corrected chi connectivity index (χ1v) is 18.2. The zero-order valence-corrected chi connectivity index (χ0v) is 30.4. The molecule has 3 atom stereocenters. The molecule has 0 fully saturated rings. The summed E-state index contributed by atoms with van der Waals surface area (Å²) in [6.07, 6.45) is 2.38. The van der Waals surface area contributed by atoms with Gasteiger partial charge in [-0.2, -0.15) is 11.8 Å². The molecule has 266 valence electrons. The molecular formula is C38H52N4O6S. The second kappa shape index (κ2) is 19.2. The predicted molar refractivity (Wildman–Crippen MR) is 196 cm³/mol. The first kappa shape index (κ1) is 39.3. The Bertz CT molecular complexity index is 1520. The average Bonchev–Trinajstić information content (AvgIpc) is 3.05. The SMILES string of the molecule is CC[C@H](C)[C@@H](CN(CC(=O)N[C@@H](CCSC)C(=O)O)Cc1cccc2ccccc12)NC(=O)CN(Cc1ccccc1)C(=O)OC(C)(C)C. The van der Waals surface area contributed by atoms with E-state index in [0.717, 1.165) is 28.3 Å². The number of amides is 3. The third-order valence-electron chi connectivity index (χ3n) is 8.22. The quantitative estimate of drug-likeness (QED) is 0.150. The highest BCUT2D eigenvalue weighted by atomic mass is 32.2. The minimum Gasteiger partial charge on any atom is -0.480 e. The van der Waals surface area contributed by atoms with E-state index in [4.69, 9.17) is 4.74 Å². The number of hydrogen-bond donors (Lipinski definition) is 3. The summed E-state index contributed by atoms with van der Waals surface area (Å²) in [5, 5.41) is 17.7. The van der Waals surface area contributed by atoms with Gasteiger partial charge in [0.15, 0.2) is 0 Å². The highest BCUT2D eigenvalue weighted by molar-refractivity contribution is 7.98. The first-order chi connectivity index (χ1) is 23.3. The van der Waals surface area contributed by atoms with Crippen molar-refractivity contribution in [1.29, 1.82) is 0 Å². The van der Waals surface area contributed by atoms with Crippen LogP contribution in [0.4, 0.5) is 4.79 Å². The molecule has 10 nitrogen and oxygen atoms in total. The smallest absolute Gasteiger partial charge is 0.411 e. The number of nitrogens with zero attached hydrogens (tertiary/aromatic N) is 2. The molecule has 3 amide bonds. The van der Waals surface area contributed by atoms with Gasteiger partial charge in [-0.3, -0.25) is 19.4 Å². The number of rotatable bonds is 18. The number of thioether (sulfide) groups is 1. The molecule has 0 spiro atoms. The molecular weight excluding hydrogens is 641 g/mol. The lowest BCUT2D eigenvalue weighted by Gasteiger charge is -2.32. The van der Waals surface area contributed by atoms with E-state index in [2.05, 4.69) is 10.6 Å². The Morgan fingerprint density at radius 2 is 1.53 bits per heavy atom. The van der Waals surface area contributed by atoms with Crippen LogP contribution in [0.1, 0.15) is 58.6 Å². The molecule has 3 aromatic carbocycles. The van der Waals surface area contributed by atoms with Gasteiger partial charge in [-0.05, 0) is 67.0 Å². The van der Waals surface area contributed by atoms with Crippen LogP contribution in [0.25, 0.3) is 10.8 Å². The van der Waals surface area contributed by atoms with Crippen molar-refractivity contribution in [2.45, 2.75) is 78.2 Å². The maximum atomic E-state index is 13.7. The zero-order valence-electron chi connectivity index (χ0n) is 29.6. The van der Waals surface area contributed by atoms with Crippen molar-refractivity contribution < 1.29 is 29.0 Å². The van der Waals surface area contributed by atoms with Crippen LogP contribution in [-0.2, 0) is 32.2 Å². The minimum atomic E-state index is -1.07. The number of ether oxygens (including phenoxy) is 1. The van der Waals surface area contributed by atoms with Crippen LogP contribution < -0.4 is 10.6 Å². The van der Waals surface area contributed by atoms with Crippen LogP contribution in [0, 0.1) is 5.92 Å². The first-order valence-electron chi connectivity index (χ1n) is 16.8. The van der Waals surface area contributed by atoms with Gasteiger partial charge >= 0.3 is 12.1 Å². The fourth-order valence-electron chi connectivity index (χ4n) is 5.46. The molecule has 0 saturated carbocycles. The standard InChI is InChI=1S/C38H52N4O6S/c1-7-27(2)33(40-35(44)26-42(37(47)48-38(3,4)5)22-28-14-9-8-10-15-28)24-41(25-34(43)39-32(36(45)46)20-21-49-6)23-30-18-13-17-29-16-11-12-19-31(29)30/h8-19,27,32-33H,7,20-26H2,1-6H3,(H,39,43)(H,40,44)(H,45,46)/t27-,32-,33+/m0/s1. The fraction of sp³-hybridized carbons (Fsp3) is 0.474. The number of benzene rings is 3. The van der Waals surface area contributed by atoms with E-state index in [-0.39, 0.29) is 37.5 Å². The monoisotopic (exact) mass is 692 g/mol. The van der Waals surface area contributed by atoms with Crippen molar-refractivity contribution >= 4 is 46.4 Å². The summed E-state index contributed by atoms with van der Waals surface area (Å²) in [6.45, 7) is 10.1. The van der Waals surface area contributed by atoms with Gasteiger partial charge in [-0.1, -0.05) is 93.1 Å². The summed E-state index contributed by atoms with van der Waals surface area (Å²) in [5.74, 6) is -1.19. The van der Waals surface area contributed by atoms with E-state index in [1.807, 2.05) is 97.8 Å². The van der Waals surface area contributed by atoms with E-state index in [0.29, 0.717) is 25.3 Å². The van der Waals surface area contributed by atoms with Gasteiger partial charge in [0.05, 0.1) is 6.54 Å². The van der Waals surface area contributed by atoms with Gasteiger partial charge in [-0.25, -0.2) is 9.59 Å². The van der Waals surface area contributed by atoms with Gasteiger partial charge in [0.1, 0.15) is 18.2 Å². The normalized spacial score (nSPS) is 13.4. The van der Waals surface area contributed by atoms with Crippen molar-refractivity contribution in [3.63, 3.8) is 0 Å². The van der Waals surface area contributed by atoms with E-state index < -0.39 is 29.6 Å². The third kappa shape index (κ3) is 13.4. The largest absolute Gasteiger partial charge is 0.480 e. The summed E-state index contributed by atoms with van der Waals surface area (Å²) in [4.78, 5) is 55.5. The summed E-state index contributed by atoms with van der Waals surface area (Å²) in [7, 11) is 0. The molecule has 11 heteroatoms. The van der Waals surface area contributed by atoms with Gasteiger partial charge in [0, 0.05) is 25.7 Å². The van der Waals surface area contributed by atoms with E-state index in [1.54, 1.807) is 20.8 Å². The highest BCUT2D eigenvalue weighted by Crippen LogP contribution is 2.21. The maximum absolute atomic E-state index is 13.7. The number of carbonyl (C=O) groups is 4. The molecule has 0 saturated heterocycles. The Hall–Kier alpha value is -4.09. The Balaban J connectivity index is 1.86.